The fourth-order valence-corrected chi connectivity index (χ4v) is 1.54. The summed E-state index contributed by atoms with van der Waals surface area (Å²) in [6, 6.07) is 7.62. The first kappa shape index (κ1) is 13.5. The van der Waals surface area contributed by atoms with Crippen molar-refractivity contribution in [1.82, 2.24) is 0 Å². The van der Waals surface area contributed by atoms with Gasteiger partial charge in [0.25, 0.3) is 0 Å². The smallest absolute Gasteiger partial charge is 0.0453 e. The van der Waals surface area contributed by atoms with Gasteiger partial charge in [0.05, 0.1) is 0 Å². The van der Waals surface area contributed by atoms with Crippen molar-refractivity contribution >= 4 is 24.0 Å². The maximum absolute atomic E-state index is 5.99. The van der Waals surface area contributed by atoms with E-state index in [1.165, 1.54) is 0 Å². The lowest BCUT2D eigenvalue weighted by atomic mass is 10.0. The van der Waals surface area contributed by atoms with Gasteiger partial charge in [0, 0.05) is 11.1 Å². The van der Waals surface area contributed by atoms with E-state index >= 15 is 0 Å². The molecule has 0 aliphatic heterocycles. The Morgan fingerprint density at radius 3 is 2.57 bits per heavy atom. The highest BCUT2D eigenvalue weighted by Crippen LogP contribution is 2.24. The quantitative estimate of drug-likeness (QED) is 0.789. The molecule has 1 aromatic rings. The molecule has 0 unspecified atom stereocenters. The molecule has 78 valence electrons. The van der Waals surface area contributed by atoms with Crippen LogP contribution in [0.15, 0.2) is 36.4 Å². The van der Waals surface area contributed by atoms with Gasteiger partial charge in [0.2, 0.25) is 0 Å². The highest BCUT2D eigenvalue weighted by Gasteiger charge is 2.08. The second-order valence-electron chi connectivity index (χ2n) is 3.29. The van der Waals surface area contributed by atoms with Crippen molar-refractivity contribution in [1.29, 1.82) is 0 Å². The predicted molar refractivity (Wildman–Crippen MR) is 65.1 cm³/mol. The summed E-state index contributed by atoms with van der Waals surface area (Å²) in [6.45, 7) is 5.80. The molecule has 0 heterocycles. The average Bonchev–Trinajstić information content (AvgIpc) is 2.03. The van der Waals surface area contributed by atoms with Crippen LogP contribution in [0.5, 0.6) is 0 Å². The number of hydrogen-bond donors (Lipinski definition) is 1. The van der Waals surface area contributed by atoms with Gasteiger partial charge >= 0.3 is 0 Å². The number of nitrogens with two attached hydrogens (primary N) is 1. The zero-order valence-corrected chi connectivity index (χ0v) is 9.74. The van der Waals surface area contributed by atoms with Gasteiger partial charge in [0.15, 0.2) is 0 Å². The van der Waals surface area contributed by atoms with E-state index in [1.807, 2.05) is 31.2 Å². The Kier molecular flexibility index (Phi) is 5.86. The first-order valence-electron chi connectivity index (χ1n) is 4.25. The average molecular weight is 232 g/mol. The molecule has 0 aliphatic carbocycles. The topological polar surface area (TPSA) is 26.0 Å². The molecule has 2 N–H and O–H groups in total. The Balaban J connectivity index is 0.00000169. The van der Waals surface area contributed by atoms with Crippen LogP contribution < -0.4 is 5.73 Å². The molecule has 0 radical (unpaired) electrons. The van der Waals surface area contributed by atoms with Crippen LogP contribution in [-0.2, 0) is 0 Å². The van der Waals surface area contributed by atoms with Crippen LogP contribution in [-0.4, -0.2) is 0 Å². The number of halogens is 2. The van der Waals surface area contributed by atoms with Crippen molar-refractivity contribution in [3.8, 4) is 0 Å². The minimum atomic E-state index is -0.0359. The molecule has 0 saturated carbocycles. The van der Waals surface area contributed by atoms with Gasteiger partial charge in [-0.1, -0.05) is 35.4 Å². The molecular formula is C11H15Cl2N. The summed E-state index contributed by atoms with van der Waals surface area (Å²) in [6.07, 6.45) is 0.781. The Morgan fingerprint density at radius 1 is 1.50 bits per heavy atom. The largest absolute Gasteiger partial charge is 0.324 e. The molecule has 0 fully saturated rings. The molecular weight excluding hydrogens is 217 g/mol. The molecule has 1 nitrogen and oxygen atoms in total. The van der Waals surface area contributed by atoms with E-state index in [0.29, 0.717) is 0 Å². The summed E-state index contributed by atoms with van der Waals surface area (Å²) in [7, 11) is 0. The van der Waals surface area contributed by atoms with E-state index in [-0.39, 0.29) is 18.4 Å². The Labute approximate surface area is 96.4 Å². The minimum absolute atomic E-state index is 0. The minimum Gasteiger partial charge on any atom is -0.324 e. The van der Waals surface area contributed by atoms with E-state index in [1.54, 1.807) is 0 Å². The van der Waals surface area contributed by atoms with E-state index in [0.717, 1.165) is 22.6 Å². The first-order chi connectivity index (χ1) is 6.11. The highest BCUT2D eigenvalue weighted by molar-refractivity contribution is 6.31. The maximum atomic E-state index is 5.99. The predicted octanol–water partition coefficient (Wildman–Crippen LogP) is 3.73. The van der Waals surface area contributed by atoms with Gasteiger partial charge < -0.3 is 5.73 Å². The molecule has 3 heteroatoms. The second kappa shape index (κ2) is 6.07. The summed E-state index contributed by atoms with van der Waals surface area (Å²) in [5.74, 6) is 0. The Hall–Kier alpha value is -0.500. The summed E-state index contributed by atoms with van der Waals surface area (Å²) >= 11 is 5.99. The maximum Gasteiger partial charge on any atom is 0.0453 e. The number of rotatable bonds is 3. The molecule has 14 heavy (non-hydrogen) atoms. The van der Waals surface area contributed by atoms with Crippen molar-refractivity contribution in [2.75, 3.05) is 0 Å². The normalized spacial score (nSPS) is 11.6. The van der Waals surface area contributed by atoms with Crippen LogP contribution in [0.2, 0.25) is 5.02 Å². The molecule has 0 saturated heterocycles. The number of hydrogen-bond acceptors (Lipinski definition) is 1. The lowest BCUT2D eigenvalue weighted by molar-refractivity contribution is 0.717. The van der Waals surface area contributed by atoms with E-state index in [9.17, 15) is 0 Å². The third-order valence-electron chi connectivity index (χ3n) is 1.87. The SMILES string of the molecule is C=C(C)C[C@@H](N)c1ccccc1Cl.Cl. The third kappa shape index (κ3) is 3.70. The zero-order chi connectivity index (χ0) is 9.84. The molecule has 0 amide bonds. The Morgan fingerprint density at radius 2 is 2.07 bits per heavy atom. The molecule has 1 aromatic carbocycles. The van der Waals surface area contributed by atoms with Gasteiger partial charge in [0.1, 0.15) is 0 Å². The molecule has 0 bridgehead atoms. The van der Waals surface area contributed by atoms with Crippen molar-refractivity contribution in [3.05, 3.63) is 47.0 Å². The van der Waals surface area contributed by atoms with Crippen LogP contribution >= 0.6 is 24.0 Å². The van der Waals surface area contributed by atoms with E-state index in [2.05, 4.69) is 6.58 Å². The summed E-state index contributed by atoms with van der Waals surface area (Å²) in [4.78, 5) is 0. The van der Waals surface area contributed by atoms with Crippen molar-refractivity contribution < 1.29 is 0 Å². The standard InChI is InChI=1S/C11H14ClN.ClH/c1-8(2)7-11(13)9-5-3-4-6-10(9)12;/h3-6,11H,1,7,13H2,2H3;1H/t11-;/m1./s1. The zero-order valence-electron chi connectivity index (χ0n) is 8.16. The first-order valence-corrected chi connectivity index (χ1v) is 4.63. The molecule has 0 aromatic heterocycles. The fourth-order valence-electron chi connectivity index (χ4n) is 1.26. The Bertz CT molecular complexity index is 310. The second-order valence-corrected chi connectivity index (χ2v) is 3.70. The van der Waals surface area contributed by atoms with Crippen molar-refractivity contribution in [2.24, 2.45) is 5.73 Å². The lowest BCUT2D eigenvalue weighted by Crippen LogP contribution is -2.10. The van der Waals surface area contributed by atoms with E-state index < -0.39 is 0 Å². The van der Waals surface area contributed by atoms with Gasteiger partial charge in [-0.25, -0.2) is 0 Å². The summed E-state index contributed by atoms with van der Waals surface area (Å²) in [5, 5.41) is 0.733. The van der Waals surface area contributed by atoms with Crippen LogP contribution in [0.4, 0.5) is 0 Å². The molecule has 0 spiro atoms. The summed E-state index contributed by atoms with van der Waals surface area (Å²) in [5.41, 5.74) is 8.02. The fraction of sp³-hybridized carbons (Fsp3) is 0.273. The van der Waals surface area contributed by atoms with Crippen LogP contribution in [0.1, 0.15) is 24.9 Å². The van der Waals surface area contributed by atoms with Crippen LogP contribution in [0.3, 0.4) is 0 Å². The van der Waals surface area contributed by atoms with Crippen molar-refractivity contribution in [3.63, 3.8) is 0 Å². The van der Waals surface area contributed by atoms with Crippen LogP contribution in [0, 0.1) is 0 Å². The highest BCUT2D eigenvalue weighted by atomic mass is 35.5. The lowest BCUT2D eigenvalue weighted by Gasteiger charge is -2.12. The van der Waals surface area contributed by atoms with Gasteiger partial charge in [-0.15, -0.1) is 19.0 Å². The molecule has 1 atom stereocenters. The van der Waals surface area contributed by atoms with Gasteiger partial charge in [-0.3, -0.25) is 0 Å². The molecule has 0 aliphatic rings. The summed E-state index contributed by atoms with van der Waals surface area (Å²) < 4.78 is 0. The van der Waals surface area contributed by atoms with Crippen molar-refractivity contribution in [2.45, 2.75) is 19.4 Å². The van der Waals surface area contributed by atoms with E-state index in [4.69, 9.17) is 17.3 Å². The molecule has 1 rings (SSSR count). The van der Waals surface area contributed by atoms with Gasteiger partial charge in [-0.2, -0.15) is 0 Å². The van der Waals surface area contributed by atoms with Gasteiger partial charge in [-0.05, 0) is 25.0 Å². The monoisotopic (exact) mass is 231 g/mol. The number of benzene rings is 1. The van der Waals surface area contributed by atoms with Crippen LogP contribution in [0.25, 0.3) is 0 Å². The third-order valence-corrected chi connectivity index (χ3v) is 2.22.